The third-order valence-electron chi connectivity index (χ3n) is 6.34. The van der Waals surface area contributed by atoms with Crippen LogP contribution in [0.25, 0.3) is 0 Å². The van der Waals surface area contributed by atoms with Gasteiger partial charge in [0, 0.05) is 18.6 Å². The summed E-state index contributed by atoms with van der Waals surface area (Å²) in [5.74, 6) is 2.82. The maximum Gasteiger partial charge on any atom is 0.279 e. The van der Waals surface area contributed by atoms with Crippen LogP contribution in [0.1, 0.15) is 58.3 Å². The second kappa shape index (κ2) is 4.93. The third-order valence-corrected chi connectivity index (χ3v) is 8.05. The van der Waals surface area contributed by atoms with Crippen LogP contribution >= 0.6 is 0 Å². The summed E-state index contributed by atoms with van der Waals surface area (Å²) in [7, 11) is -3.30. The van der Waals surface area contributed by atoms with Gasteiger partial charge in [-0.05, 0) is 75.0 Å². The van der Waals surface area contributed by atoms with E-state index in [9.17, 15) is 8.42 Å². The summed E-state index contributed by atoms with van der Waals surface area (Å²) in [5, 5.41) is 0. The summed E-state index contributed by atoms with van der Waals surface area (Å²) in [6.07, 6.45) is 9.46. The Morgan fingerprint density at radius 3 is 2.14 bits per heavy atom. The summed E-state index contributed by atoms with van der Waals surface area (Å²) in [6, 6.07) is 0. The van der Waals surface area contributed by atoms with Gasteiger partial charge in [0.15, 0.2) is 0 Å². The highest BCUT2D eigenvalue weighted by atomic mass is 32.2. The Bertz CT molecular complexity index is 481. The molecule has 4 aliphatic carbocycles. The van der Waals surface area contributed by atoms with Crippen LogP contribution in [0.15, 0.2) is 0 Å². The van der Waals surface area contributed by atoms with Crippen LogP contribution in [-0.4, -0.2) is 31.4 Å². The minimum Gasteiger partial charge on any atom is -0.196 e. The standard InChI is InChI=1S/C16H28N2O2S/c1-12-3-2-4-18(11-12)21(19,20)17-16-8-13-5-14(9-16)7-15(6-13)10-16/h12-15,17H,2-11H2,1H3/t12-,13?,14?,15?,16?/m1/s1. The molecular formula is C16H28N2O2S. The first-order valence-electron chi connectivity index (χ1n) is 8.73. The largest absolute Gasteiger partial charge is 0.279 e. The predicted octanol–water partition coefficient (Wildman–Crippen LogP) is 2.52. The number of hydrogen-bond acceptors (Lipinski definition) is 2. The van der Waals surface area contributed by atoms with Gasteiger partial charge in [0.2, 0.25) is 0 Å². The fourth-order valence-corrected chi connectivity index (χ4v) is 7.68. The number of nitrogens with zero attached hydrogens (tertiary/aromatic N) is 1. The molecule has 5 heteroatoms. The van der Waals surface area contributed by atoms with Gasteiger partial charge in [0.25, 0.3) is 10.2 Å². The van der Waals surface area contributed by atoms with Crippen LogP contribution < -0.4 is 4.72 Å². The molecule has 0 aromatic heterocycles. The lowest BCUT2D eigenvalue weighted by atomic mass is 9.53. The van der Waals surface area contributed by atoms with E-state index in [1.54, 1.807) is 4.31 Å². The van der Waals surface area contributed by atoms with E-state index < -0.39 is 10.2 Å². The van der Waals surface area contributed by atoms with Crippen molar-refractivity contribution in [2.45, 2.75) is 63.8 Å². The van der Waals surface area contributed by atoms with Gasteiger partial charge in [0.1, 0.15) is 0 Å². The van der Waals surface area contributed by atoms with E-state index in [2.05, 4.69) is 11.6 Å². The van der Waals surface area contributed by atoms with Gasteiger partial charge in [-0.2, -0.15) is 17.4 Å². The molecule has 1 N–H and O–H groups in total. The topological polar surface area (TPSA) is 49.4 Å². The molecule has 0 amide bonds. The molecular weight excluding hydrogens is 284 g/mol. The second-order valence-electron chi connectivity index (χ2n) is 8.41. The lowest BCUT2D eigenvalue weighted by molar-refractivity contribution is -0.00900. The molecule has 0 aromatic rings. The average Bonchev–Trinajstić information content (AvgIpc) is 2.35. The Labute approximate surface area is 128 Å². The quantitative estimate of drug-likeness (QED) is 0.870. The first-order valence-corrected chi connectivity index (χ1v) is 10.2. The van der Waals surface area contributed by atoms with Gasteiger partial charge in [-0.25, -0.2) is 0 Å². The van der Waals surface area contributed by atoms with Crippen molar-refractivity contribution in [2.24, 2.45) is 23.7 Å². The Hall–Kier alpha value is -0.130. The van der Waals surface area contributed by atoms with E-state index in [4.69, 9.17) is 0 Å². The summed E-state index contributed by atoms with van der Waals surface area (Å²) in [6.45, 7) is 3.56. The zero-order chi connectivity index (χ0) is 14.7. The maximum absolute atomic E-state index is 12.8. The highest BCUT2D eigenvalue weighted by Gasteiger charge is 2.52. The zero-order valence-electron chi connectivity index (χ0n) is 13.1. The van der Waals surface area contributed by atoms with Crippen molar-refractivity contribution in [1.82, 2.24) is 9.03 Å². The summed E-state index contributed by atoms with van der Waals surface area (Å²) >= 11 is 0. The molecule has 1 saturated heterocycles. The van der Waals surface area contributed by atoms with Crippen molar-refractivity contribution in [3.05, 3.63) is 0 Å². The summed E-state index contributed by atoms with van der Waals surface area (Å²) < 4.78 is 30.6. The van der Waals surface area contributed by atoms with E-state index >= 15 is 0 Å². The van der Waals surface area contributed by atoms with Gasteiger partial charge < -0.3 is 0 Å². The number of hydrogen-bond donors (Lipinski definition) is 1. The molecule has 0 unspecified atom stereocenters. The van der Waals surface area contributed by atoms with E-state index in [0.717, 1.165) is 49.9 Å². The average molecular weight is 312 g/mol. The van der Waals surface area contributed by atoms with Crippen molar-refractivity contribution < 1.29 is 8.42 Å². The van der Waals surface area contributed by atoms with E-state index in [1.807, 2.05) is 0 Å². The van der Waals surface area contributed by atoms with Crippen LogP contribution in [0, 0.1) is 23.7 Å². The zero-order valence-corrected chi connectivity index (χ0v) is 13.9. The molecule has 0 spiro atoms. The normalized spacial score (nSPS) is 46.9. The Morgan fingerprint density at radius 2 is 1.62 bits per heavy atom. The Balaban J connectivity index is 1.52. The van der Waals surface area contributed by atoms with Crippen LogP contribution in [0.5, 0.6) is 0 Å². The van der Waals surface area contributed by atoms with Gasteiger partial charge in [0.05, 0.1) is 0 Å². The molecule has 5 rings (SSSR count). The van der Waals surface area contributed by atoms with Crippen molar-refractivity contribution in [2.75, 3.05) is 13.1 Å². The third kappa shape index (κ3) is 2.66. The highest BCUT2D eigenvalue weighted by Crippen LogP contribution is 2.55. The fourth-order valence-electron chi connectivity index (χ4n) is 5.94. The Kier molecular flexibility index (Phi) is 3.40. The molecule has 1 aliphatic heterocycles. The van der Waals surface area contributed by atoms with Gasteiger partial charge >= 0.3 is 0 Å². The second-order valence-corrected chi connectivity index (χ2v) is 10.1. The number of piperidine rings is 1. The molecule has 4 bridgehead atoms. The number of nitrogens with one attached hydrogen (secondary N) is 1. The molecule has 4 saturated carbocycles. The van der Waals surface area contributed by atoms with Crippen molar-refractivity contribution >= 4 is 10.2 Å². The summed E-state index contributed by atoms with van der Waals surface area (Å²) in [5.41, 5.74) is -0.103. The molecule has 1 heterocycles. The van der Waals surface area contributed by atoms with Crippen molar-refractivity contribution in [3.8, 4) is 0 Å². The molecule has 21 heavy (non-hydrogen) atoms. The molecule has 0 aromatic carbocycles. The predicted molar refractivity (Wildman–Crippen MR) is 82.9 cm³/mol. The maximum atomic E-state index is 12.8. The van der Waals surface area contributed by atoms with Crippen LogP contribution in [-0.2, 0) is 10.2 Å². The van der Waals surface area contributed by atoms with Gasteiger partial charge in [-0.3, -0.25) is 0 Å². The summed E-state index contributed by atoms with van der Waals surface area (Å²) in [4.78, 5) is 0. The van der Waals surface area contributed by atoms with Crippen LogP contribution in [0.2, 0.25) is 0 Å². The molecule has 5 aliphatic rings. The Morgan fingerprint density at radius 1 is 1.05 bits per heavy atom. The van der Waals surface area contributed by atoms with Crippen molar-refractivity contribution in [3.63, 3.8) is 0 Å². The minimum atomic E-state index is -3.30. The van der Waals surface area contributed by atoms with Gasteiger partial charge in [-0.15, -0.1) is 0 Å². The van der Waals surface area contributed by atoms with Crippen LogP contribution in [0.4, 0.5) is 0 Å². The smallest absolute Gasteiger partial charge is 0.196 e. The lowest BCUT2D eigenvalue weighted by Gasteiger charge is -2.57. The fraction of sp³-hybridized carbons (Fsp3) is 1.00. The molecule has 1 atom stereocenters. The lowest BCUT2D eigenvalue weighted by Crippen LogP contribution is -2.62. The van der Waals surface area contributed by atoms with Crippen LogP contribution in [0.3, 0.4) is 0 Å². The monoisotopic (exact) mass is 312 g/mol. The molecule has 5 fully saturated rings. The van der Waals surface area contributed by atoms with E-state index in [1.165, 1.54) is 19.3 Å². The minimum absolute atomic E-state index is 0.103. The molecule has 120 valence electrons. The SMILES string of the molecule is C[C@@H]1CCCN(S(=O)(=O)NC23CC4CC(CC(C4)C2)C3)C1. The molecule has 0 radical (unpaired) electrons. The number of rotatable bonds is 3. The van der Waals surface area contributed by atoms with Crippen molar-refractivity contribution in [1.29, 1.82) is 0 Å². The van der Waals surface area contributed by atoms with E-state index in [-0.39, 0.29) is 5.54 Å². The molecule has 4 nitrogen and oxygen atoms in total. The first kappa shape index (κ1) is 14.5. The van der Waals surface area contributed by atoms with Gasteiger partial charge in [-0.1, -0.05) is 6.92 Å². The first-order chi connectivity index (χ1) is 9.94. The van der Waals surface area contributed by atoms with E-state index in [0.29, 0.717) is 19.0 Å². The highest BCUT2D eigenvalue weighted by molar-refractivity contribution is 7.87.